The Labute approximate surface area is 109 Å². The molecule has 1 aromatic rings. The van der Waals surface area contributed by atoms with Crippen LogP contribution in [-0.4, -0.2) is 34.9 Å². The molecule has 0 fully saturated rings. The highest BCUT2D eigenvalue weighted by atomic mass is 32.1. The molecule has 100 valence electrons. The number of carbonyl (C=O) groups excluding carboxylic acids is 1. The molecule has 0 saturated carbocycles. The van der Waals surface area contributed by atoms with Gasteiger partial charge in [-0.15, -0.1) is 11.3 Å². The summed E-state index contributed by atoms with van der Waals surface area (Å²) < 4.78 is 0. The predicted molar refractivity (Wildman–Crippen MR) is 67.7 cm³/mol. The molecular formula is C11H16N2O4S. The van der Waals surface area contributed by atoms with Crippen LogP contribution < -0.4 is 10.6 Å². The Bertz CT molecular complexity index is 425. The molecule has 1 heterocycles. The predicted octanol–water partition coefficient (Wildman–Crippen LogP) is 0.610. The molecule has 18 heavy (non-hydrogen) atoms. The van der Waals surface area contributed by atoms with E-state index < -0.39 is 24.6 Å². The fourth-order valence-corrected chi connectivity index (χ4v) is 2.29. The van der Waals surface area contributed by atoms with Gasteiger partial charge in [0.25, 0.3) is 0 Å². The molecule has 0 radical (unpaired) electrons. The number of rotatable bonds is 5. The van der Waals surface area contributed by atoms with Crippen molar-refractivity contribution < 1.29 is 19.8 Å². The van der Waals surface area contributed by atoms with Crippen LogP contribution in [0.1, 0.15) is 15.3 Å². The van der Waals surface area contributed by atoms with E-state index in [0.29, 0.717) is 6.54 Å². The number of carbonyl (C=O) groups is 2. The van der Waals surface area contributed by atoms with Gasteiger partial charge in [-0.25, -0.2) is 9.59 Å². The van der Waals surface area contributed by atoms with Gasteiger partial charge in [0, 0.05) is 9.75 Å². The minimum Gasteiger partial charge on any atom is -0.480 e. The van der Waals surface area contributed by atoms with Gasteiger partial charge >= 0.3 is 12.0 Å². The van der Waals surface area contributed by atoms with Gasteiger partial charge in [-0.3, -0.25) is 0 Å². The maximum Gasteiger partial charge on any atom is 0.328 e. The highest BCUT2D eigenvalue weighted by Gasteiger charge is 2.18. The number of amides is 2. The number of aliphatic carboxylic acids is 1. The first-order valence-electron chi connectivity index (χ1n) is 5.38. The summed E-state index contributed by atoms with van der Waals surface area (Å²) in [6.07, 6.45) is 0. The van der Waals surface area contributed by atoms with Crippen LogP contribution >= 0.6 is 11.3 Å². The third-order valence-corrected chi connectivity index (χ3v) is 3.58. The van der Waals surface area contributed by atoms with E-state index in [4.69, 9.17) is 10.2 Å². The number of aliphatic hydroxyl groups excluding tert-OH is 1. The highest BCUT2D eigenvalue weighted by molar-refractivity contribution is 7.12. The van der Waals surface area contributed by atoms with Gasteiger partial charge in [0.1, 0.15) is 0 Å². The van der Waals surface area contributed by atoms with Crippen molar-refractivity contribution in [3.05, 3.63) is 21.4 Å². The van der Waals surface area contributed by atoms with Crippen molar-refractivity contribution in [3.63, 3.8) is 0 Å². The topological polar surface area (TPSA) is 98.7 Å². The SMILES string of the molecule is Cc1cc(CNC(=O)N[C@@H](CO)C(=O)O)sc1C. The van der Waals surface area contributed by atoms with Crippen molar-refractivity contribution in [3.8, 4) is 0 Å². The molecule has 4 N–H and O–H groups in total. The molecule has 7 heteroatoms. The molecule has 1 rings (SSSR count). The van der Waals surface area contributed by atoms with E-state index in [0.717, 1.165) is 10.4 Å². The lowest BCUT2D eigenvalue weighted by atomic mass is 10.3. The van der Waals surface area contributed by atoms with Crippen molar-refractivity contribution in [2.24, 2.45) is 0 Å². The molecule has 0 aliphatic rings. The van der Waals surface area contributed by atoms with Gasteiger partial charge in [0.2, 0.25) is 0 Å². The molecule has 0 bridgehead atoms. The fourth-order valence-electron chi connectivity index (χ4n) is 1.30. The quantitative estimate of drug-likeness (QED) is 0.631. The maximum absolute atomic E-state index is 11.4. The molecule has 0 spiro atoms. The standard InChI is InChI=1S/C11H16N2O4S/c1-6-3-8(18-7(6)2)4-12-11(17)13-9(5-14)10(15)16/h3,9,14H,4-5H2,1-2H3,(H,15,16)(H2,12,13,17)/t9-/m0/s1. The summed E-state index contributed by atoms with van der Waals surface area (Å²) >= 11 is 1.58. The second kappa shape index (κ2) is 6.36. The van der Waals surface area contributed by atoms with E-state index in [9.17, 15) is 9.59 Å². The van der Waals surface area contributed by atoms with Gasteiger partial charge in [0.15, 0.2) is 6.04 Å². The lowest BCUT2D eigenvalue weighted by molar-refractivity contribution is -0.140. The van der Waals surface area contributed by atoms with Gasteiger partial charge in [-0.1, -0.05) is 0 Å². The number of hydrogen-bond acceptors (Lipinski definition) is 4. The van der Waals surface area contributed by atoms with Gasteiger partial charge < -0.3 is 20.8 Å². The largest absolute Gasteiger partial charge is 0.480 e. The average Bonchev–Trinajstić information content (AvgIpc) is 2.63. The highest BCUT2D eigenvalue weighted by Crippen LogP contribution is 2.20. The fraction of sp³-hybridized carbons (Fsp3) is 0.455. The third-order valence-electron chi connectivity index (χ3n) is 2.43. The Hall–Kier alpha value is -1.60. The lowest BCUT2D eigenvalue weighted by Gasteiger charge is -2.12. The summed E-state index contributed by atoms with van der Waals surface area (Å²) in [5, 5.41) is 22.1. The van der Waals surface area contributed by atoms with Crippen molar-refractivity contribution in [1.82, 2.24) is 10.6 Å². The Kier molecular flexibility index (Phi) is 5.11. The lowest BCUT2D eigenvalue weighted by Crippen LogP contribution is -2.47. The Morgan fingerprint density at radius 2 is 2.11 bits per heavy atom. The molecule has 0 aliphatic carbocycles. The second-order valence-electron chi connectivity index (χ2n) is 3.85. The van der Waals surface area contributed by atoms with E-state index in [1.807, 2.05) is 19.9 Å². The summed E-state index contributed by atoms with van der Waals surface area (Å²) in [6.45, 7) is 3.68. The van der Waals surface area contributed by atoms with E-state index in [1.54, 1.807) is 11.3 Å². The number of aliphatic hydroxyl groups is 1. The monoisotopic (exact) mass is 272 g/mol. The first-order valence-corrected chi connectivity index (χ1v) is 6.19. The Balaban J connectivity index is 2.44. The van der Waals surface area contributed by atoms with Crippen LogP contribution in [0.3, 0.4) is 0 Å². The zero-order chi connectivity index (χ0) is 13.7. The van der Waals surface area contributed by atoms with E-state index >= 15 is 0 Å². The minimum atomic E-state index is -1.28. The summed E-state index contributed by atoms with van der Waals surface area (Å²) in [5.41, 5.74) is 1.16. The summed E-state index contributed by atoms with van der Waals surface area (Å²) in [4.78, 5) is 24.2. The molecule has 0 aliphatic heterocycles. The summed E-state index contributed by atoms with van der Waals surface area (Å²) in [5.74, 6) is -1.27. The van der Waals surface area contributed by atoms with Crippen LogP contribution in [0.25, 0.3) is 0 Å². The number of urea groups is 1. The Morgan fingerprint density at radius 3 is 2.56 bits per heavy atom. The van der Waals surface area contributed by atoms with Crippen molar-refractivity contribution in [2.45, 2.75) is 26.4 Å². The number of carboxylic acids is 1. The number of nitrogens with one attached hydrogen (secondary N) is 2. The molecule has 1 aromatic heterocycles. The smallest absolute Gasteiger partial charge is 0.328 e. The molecule has 0 unspecified atom stereocenters. The van der Waals surface area contributed by atoms with Crippen molar-refractivity contribution in [2.75, 3.05) is 6.61 Å². The van der Waals surface area contributed by atoms with Crippen LogP contribution in [0.5, 0.6) is 0 Å². The first kappa shape index (κ1) is 14.5. The van der Waals surface area contributed by atoms with Crippen LogP contribution in [0.4, 0.5) is 4.79 Å². The molecule has 6 nitrogen and oxygen atoms in total. The number of hydrogen-bond donors (Lipinski definition) is 4. The summed E-state index contributed by atoms with van der Waals surface area (Å²) in [6, 6.07) is 0.0815. The molecule has 2 amide bonds. The zero-order valence-corrected chi connectivity index (χ0v) is 11.0. The maximum atomic E-state index is 11.4. The van der Waals surface area contributed by atoms with Crippen molar-refractivity contribution >= 4 is 23.3 Å². The van der Waals surface area contributed by atoms with Crippen LogP contribution in [0, 0.1) is 13.8 Å². The van der Waals surface area contributed by atoms with E-state index in [-0.39, 0.29) is 0 Å². The molecule has 1 atom stereocenters. The van der Waals surface area contributed by atoms with Crippen LogP contribution in [0.2, 0.25) is 0 Å². The number of aryl methyl sites for hydroxylation is 2. The third kappa shape index (κ3) is 4.01. The normalized spacial score (nSPS) is 11.9. The van der Waals surface area contributed by atoms with Crippen molar-refractivity contribution in [1.29, 1.82) is 0 Å². The Morgan fingerprint density at radius 1 is 1.44 bits per heavy atom. The molecule has 0 aromatic carbocycles. The molecule has 0 saturated heterocycles. The van der Waals surface area contributed by atoms with Crippen LogP contribution in [0.15, 0.2) is 6.07 Å². The number of carboxylic acid groups (broad SMARTS) is 1. The van der Waals surface area contributed by atoms with E-state index in [2.05, 4.69) is 10.6 Å². The van der Waals surface area contributed by atoms with Gasteiger partial charge in [-0.05, 0) is 25.5 Å². The van der Waals surface area contributed by atoms with Crippen LogP contribution in [-0.2, 0) is 11.3 Å². The molecular weight excluding hydrogens is 256 g/mol. The zero-order valence-electron chi connectivity index (χ0n) is 10.2. The average molecular weight is 272 g/mol. The van der Waals surface area contributed by atoms with Gasteiger partial charge in [0.05, 0.1) is 13.2 Å². The first-order chi connectivity index (χ1) is 8.43. The number of thiophene rings is 1. The summed E-state index contributed by atoms with van der Waals surface area (Å²) in [7, 11) is 0. The van der Waals surface area contributed by atoms with Gasteiger partial charge in [-0.2, -0.15) is 0 Å². The van der Waals surface area contributed by atoms with E-state index in [1.165, 1.54) is 4.88 Å². The second-order valence-corrected chi connectivity index (χ2v) is 5.19. The minimum absolute atomic E-state index is 0.336.